The van der Waals surface area contributed by atoms with Crippen molar-refractivity contribution in [2.45, 2.75) is 71.5 Å². The molecule has 2 N–H and O–H groups in total. The van der Waals surface area contributed by atoms with Gasteiger partial charge in [0.25, 0.3) is 0 Å². The van der Waals surface area contributed by atoms with E-state index in [4.69, 9.17) is 0 Å². The van der Waals surface area contributed by atoms with E-state index in [1.165, 1.54) is 0 Å². The first kappa shape index (κ1) is 20.2. The monoisotopic (exact) mass is 373 g/mol. The number of ketones is 2. The average molecular weight is 373 g/mol. The molecule has 5 heteroatoms. The Bertz CT molecular complexity index is 670. The normalized spacial score (nSPS) is 34.3. The molecule has 1 aromatic heterocycles. The molecule has 5 nitrogen and oxygen atoms in total. The van der Waals surface area contributed by atoms with Gasteiger partial charge >= 0.3 is 0 Å². The third-order valence-electron chi connectivity index (χ3n) is 6.27. The zero-order valence-electron chi connectivity index (χ0n) is 16.7. The van der Waals surface area contributed by atoms with Gasteiger partial charge in [0.05, 0.1) is 24.0 Å². The minimum Gasteiger partial charge on any atom is -0.392 e. The van der Waals surface area contributed by atoms with Crippen molar-refractivity contribution in [3.63, 3.8) is 0 Å². The van der Waals surface area contributed by atoms with Crippen LogP contribution < -0.4 is 0 Å². The fourth-order valence-electron chi connectivity index (χ4n) is 5.24. The molecule has 0 radical (unpaired) electrons. The topological polar surface area (TPSA) is 87.5 Å². The Hall–Kier alpha value is -1.59. The molecule has 1 heterocycles. The lowest BCUT2D eigenvalue weighted by Crippen LogP contribution is -2.51. The van der Waals surface area contributed by atoms with E-state index in [9.17, 15) is 19.8 Å². The summed E-state index contributed by atoms with van der Waals surface area (Å²) in [6.07, 6.45) is 3.38. The van der Waals surface area contributed by atoms with Crippen LogP contribution in [0.1, 0.15) is 64.9 Å². The van der Waals surface area contributed by atoms with E-state index in [0.717, 1.165) is 5.56 Å². The zero-order chi connectivity index (χ0) is 20.0. The summed E-state index contributed by atoms with van der Waals surface area (Å²) in [6.45, 7) is 7.92. The lowest BCUT2D eigenvalue weighted by atomic mass is 9.58. The van der Waals surface area contributed by atoms with E-state index in [1.54, 1.807) is 24.5 Å². The summed E-state index contributed by atoms with van der Waals surface area (Å²) in [5.74, 6) is -1.92. The second kappa shape index (κ2) is 7.10. The van der Waals surface area contributed by atoms with Crippen LogP contribution in [-0.2, 0) is 9.59 Å². The third-order valence-corrected chi connectivity index (χ3v) is 6.27. The number of Topliss-reactive ketones (excluding diaryl/α,β-unsaturated/α-hetero) is 2. The van der Waals surface area contributed by atoms with Crippen LogP contribution in [0.3, 0.4) is 0 Å². The van der Waals surface area contributed by atoms with Gasteiger partial charge in [-0.25, -0.2) is 0 Å². The highest BCUT2D eigenvalue weighted by molar-refractivity contribution is 5.88. The third kappa shape index (κ3) is 4.14. The molecule has 0 aromatic carbocycles. The van der Waals surface area contributed by atoms with Crippen LogP contribution in [0.4, 0.5) is 0 Å². The maximum absolute atomic E-state index is 13.0. The van der Waals surface area contributed by atoms with Gasteiger partial charge in [0.2, 0.25) is 0 Å². The van der Waals surface area contributed by atoms with Gasteiger partial charge in [-0.3, -0.25) is 14.6 Å². The molecular formula is C22H31NO4. The van der Waals surface area contributed by atoms with Gasteiger partial charge in [-0.05, 0) is 41.4 Å². The van der Waals surface area contributed by atoms with Crippen molar-refractivity contribution in [3.8, 4) is 0 Å². The Balaban J connectivity index is 2.03. The molecule has 3 rings (SSSR count). The largest absolute Gasteiger partial charge is 0.392 e. The maximum Gasteiger partial charge on any atom is 0.139 e. The molecule has 2 saturated carbocycles. The van der Waals surface area contributed by atoms with Crippen LogP contribution in [0.5, 0.6) is 0 Å². The number of carbonyl (C=O) groups excluding carboxylic acids is 2. The smallest absolute Gasteiger partial charge is 0.139 e. The average Bonchev–Trinajstić information content (AvgIpc) is 2.50. The summed E-state index contributed by atoms with van der Waals surface area (Å²) >= 11 is 0. The van der Waals surface area contributed by atoms with Gasteiger partial charge in [-0.15, -0.1) is 0 Å². The van der Waals surface area contributed by atoms with Gasteiger partial charge in [0.15, 0.2) is 0 Å². The Morgan fingerprint density at radius 1 is 0.889 bits per heavy atom. The first-order valence-corrected chi connectivity index (χ1v) is 9.82. The van der Waals surface area contributed by atoms with Crippen molar-refractivity contribution >= 4 is 11.6 Å². The summed E-state index contributed by atoms with van der Waals surface area (Å²) < 4.78 is 0. The molecule has 1 unspecified atom stereocenters. The molecular weight excluding hydrogens is 342 g/mol. The first-order chi connectivity index (χ1) is 12.5. The maximum atomic E-state index is 13.0. The first-order valence-electron chi connectivity index (χ1n) is 9.82. The number of hydrogen-bond acceptors (Lipinski definition) is 5. The highest BCUT2D eigenvalue weighted by Crippen LogP contribution is 2.49. The minimum atomic E-state index is -0.825. The summed E-state index contributed by atoms with van der Waals surface area (Å²) in [5.41, 5.74) is 0.277. The van der Waals surface area contributed by atoms with Crippen molar-refractivity contribution in [2.75, 3.05) is 0 Å². The van der Waals surface area contributed by atoms with Gasteiger partial charge in [0, 0.05) is 31.2 Å². The fraction of sp³-hybridized carbons (Fsp3) is 0.682. The van der Waals surface area contributed by atoms with Crippen LogP contribution >= 0.6 is 0 Å². The Morgan fingerprint density at radius 2 is 1.30 bits per heavy atom. The number of pyridine rings is 1. The van der Waals surface area contributed by atoms with E-state index >= 15 is 0 Å². The highest BCUT2D eigenvalue weighted by atomic mass is 16.3. The van der Waals surface area contributed by atoms with Crippen LogP contribution in [0.25, 0.3) is 0 Å². The van der Waals surface area contributed by atoms with Crippen molar-refractivity contribution in [2.24, 2.45) is 22.7 Å². The van der Waals surface area contributed by atoms with E-state index in [0.29, 0.717) is 25.7 Å². The van der Waals surface area contributed by atoms with Gasteiger partial charge in [-0.1, -0.05) is 27.7 Å². The fourth-order valence-corrected chi connectivity index (χ4v) is 5.24. The summed E-state index contributed by atoms with van der Waals surface area (Å²) in [6, 6.07) is 3.59. The lowest BCUT2D eigenvalue weighted by Gasteiger charge is -2.46. The highest BCUT2D eigenvalue weighted by Gasteiger charge is 2.51. The van der Waals surface area contributed by atoms with E-state index in [2.05, 4.69) is 4.98 Å². The number of rotatable bonds is 3. The molecule has 1 aromatic rings. The number of nitrogens with zero attached hydrogens (tertiary/aromatic N) is 1. The van der Waals surface area contributed by atoms with Crippen molar-refractivity contribution in [3.05, 3.63) is 30.1 Å². The number of aliphatic hydroxyl groups is 2. The number of aliphatic hydroxyl groups excluding tert-OH is 2. The van der Waals surface area contributed by atoms with Gasteiger partial charge in [0.1, 0.15) is 11.6 Å². The molecule has 2 fully saturated rings. The molecule has 2 aliphatic carbocycles. The summed E-state index contributed by atoms with van der Waals surface area (Å²) in [5, 5.41) is 21.8. The molecule has 0 saturated heterocycles. The predicted octanol–water partition coefficient (Wildman–Crippen LogP) is 2.90. The number of carbonyl (C=O) groups is 2. The summed E-state index contributed by atoms with van der Waals surface area (Å²) in [7, 11) is 0. The van der Waals surface area contributed by atoms with E-state index < -0.39 is 30.0 Å². The van der Waals surface area contributed by atoms with Crippen LogP contribution in [0.15, 0.2) is 24.5 Å². The van der Waals surface area contributed by atoms with Crippen LogP contribution in [0.2, 0.25) is 0 Å². The molecule has 27 heavy (non-hydrogen) atoms. The van der Waals surface area contributed by atoms with Crippen LogP contribution in [-0.4, -0.2) is 39.0 Å². The van der Waals surface area contributed by atoms with E-state index in [1.807, 2.05) is 27.7 Å². The van der Waals surface area contributed by atoms with Crippen molar-refractivity contribution < 1.29 is 19.8 Å². The van der Waals surface area contributed by atoms with Crippen LogP contribution in [0, 0.1) is 22.7 Å². The molecule has 0 bridgehead atoms. The quantitative estimate of drug-likeness (QED) is 0.851. The molecule has 0 amide bonds. The number of aromatic nitrogens is 1. The Labute approximate surface area is 161 Å². The number of hydrogen-bond donors (Lipinski definition) is 2. The molecule has 0 aliphatic heterocycles. The Kier molecular flexibility index (Phi) is 5.30. The molecule has 0 spiro atoms. The Morgan fingerprint density at radius 3 is 1.67 bits per heavy atom. The van der Waals surface area contributed by atoms with E-state index in [-0.39, 0.29) is 22.4 Å². The van der Waals surface area contributed by atoms with Crippen molar-refractivity contribution in [1.82, 2.24) is 4.98 Å². The second-order valence-corrected chi connectivity index (χ2v) is 10.0. The predicted molar refractivity (Wildman–Crippen MR) is 102 cm³/mol. The zero-order valence-corrected chi connectivity index (χ0v) is 16.7. The standard InChI is InChI=1S/C22H31NO4/c1-21(2)9-14(24)19(15(25)10-21)18(13-5-7-23-8-6-13)20-16(26)11-22(3,4)12-17(20)27/h5-8,14,16,18-20,24,26H,9-12H2,1-4H3/t14-,16+,18?,19-,20+. The van der Waals surface area contributed by atoms with Gasteiger partial charge < -0.3 is 10.2 Å². The lowest BCUT2D eigenvalue weighted by molar-refractivity contribution is -0.144. The van der Waals surface area contributed by atoms with Gasteiger partial charge in [-0.2, -0.15) is 0 Å². The molecule has 2 aliphatic rings. The SMILES string of the molecule is CC1(C)CC(=O)[C@H](C(c2ccncc2)[C@@H]2C(=O)CC(C)(C)C[C@@H]2O)[C@H](O)C1. The molecule has 5 atom stereocenters. The minimum absolute atomic E-state index is 0.0228. The summed E-state index contributed by atoms with van der Waals surface area (Å²) in [4.78, 5) is 30.1. The molecule has 148 valence electrons. The second-order valence-electron chi connectivity index (χ2n) is 10.0. The van der Waals surface area contributed by atoms with Crippen molar-refractivity contribution in [1.29, 1.82) is 0 Å².